The maximum Gasteiger partial charge on any atom is 0.118 e. The normalized spacial score (nSPS) is 37.6. The number of rotatable bonds is 4. The lowest BCUT2D eigenvalue weighted by Crippen LogP contribution is -2.50. The van der Waals surface area contributed by atoms with Gasteiger partial charge in [0.05, 0.1) is 13.2 Å². The molecule has 2 nitrogen and oxygen atoms in total. The third kappa shape index (κ3) is 2.47. The molecule has 4 aliphatic carbocycles. The Labute approximate surface area is 134 Å². The predicted molar refractivity (Wildman–Crippen MR) is 90.7 cm³/mol. The van der Waals surface area contributed by atoms with E-state index in [9.17, 15) is 0 Å². The highest BCUT2D eigenvalue weighted by Crippen LogP contribution is 2.61. The summed E-state index contributed by atoms with van der Waals surface area (Å²) < 4.78 is 5.21. The summed E-state index contributed by atoms with van der Waals surface area (Å²) in [5.41, 5.74) is 1.69. The molecule has 22 heavy (non-hydrogen) atoms. The summed E-state index contributed by atoms with van der Waals surface area (Å²) in [6.07, 6.45) is 10.9. The summed E-state index contributed by atoms with van der Waals surface area (Å²) in [5, 5.41) is 0. The molecule has 0 spiro atoms. The minimum Gasteiger partial charge on any atom is -0.497 e. The Morgan fingerprint density at radius 1 is 1.05 bits per heavy atom. The van der Waals surface area contributed by atoms with Crippen LogP contribution in [0.5, 0.6) is 5.75 Å². The number of aliphatic imine (C=N–C) groups is 1. The van der Waals surface area contributed by atoms with Gasteiger partial charge in [-0.25, -0.2) is 0 Å². The Morgan fingerprint density at radius 2 is 1.59 bits per heavy atom. The van der Waals surface area contributed by atoms with E-state index < -0.39 is 0 Å². The number of hydrogen-bond acceptors (Lipinski definition) is 2. The number of ether oxygens (including phenoxy) is 1. The minimum absolute atomic E-state index is 0.461. The Bertz CT molecular complexity index is 524. The van der Waals surface area contributed by atoms with Crippen molar-refractivity contribution in [2.45, 2.75) is 51.5 Å². The molecular weight excluding hydrogens is 270 g/mol. The highest BCUT2D eigenvalue weighted by molar-refractivity contribution is 5.79. The molecule has 0 N–H and O–H groups in total. The van der Waals surface area contributed by atoms with E-state index in [0.717, 1.165) is 23.5 Å². The average Bonchev–Trinajstić information content (AvgIpc) is 2.51. The molecule has 1 atom stereocenters. The van der Waals surface area contributed by atoms with Crippen molar-refractivity contribution < 1.29 is 4.74 Å². The van der Waals surface area contributed by atoms with Crippen LogP contribution < -0.4 is 4.74 Å². The molecule has 0 aromatic heterocycles. The van der Waals surface area contributed by atoms with Crippen LogP contribution in [0.1, 0.15) is 51.0 Å². The van der Waals surface area contributed by atoms with E-state index in [1.165, 1.54) is 44.1 Å². The third-order valence-corrected chi connectivity index (χ3v) is 6.53. The first-order chi connectivity index (χ1) is 10.7. The van der Waals surface area contributed by atoms with Crippen molar-refractivity contribution in [3.63, 3.8) is 0 Å². The maximum atomic E-state index is 5.21. The van der Waals surface area contributed by atoms with Gasteiger partial charge in [-0.1, -0.05) is 0 Å². The van der Waals surface area contributed by atoms with Crippen molar-refractivity contribution >= 4 is 6.21 Å². The second-order valence-electron chi connectivity index (χ2n) is 8.01. The molecule has 4 saturated carbocycles. The van der Waals surface area contributed by atoms with Crippen LogP contribution in [0.2, 0.25) is 0 Å². The fourth-order valence-corrected chi connectivity index (χ4v) is 5.74. The smallest absolute Gasteiger partial charge is 0.118 e. The monoisotopic (exact) mass is 297 g/mol. The summed E-state index contributed by atoms with van der Waals surface area (Å²) >= 11 is 0. The van der Waals surface area contributed by atoms with E-state index >= 15 is 0 Å². The molecule has 0 aliphatic heterocycles. The quantitative estimate of drug-likeness (QED) is 0.737. The minimum atomic E-state index is 0.461. The van der Waals surface area contributed by atoms with Gasteiger partial charge < -0.3 is 4.74 Å². The Kier molecular flexibility index (Phi) is 3.51. The Morgan fingerprint density at radius 3 is 2.09 bits per heavy atom. The van der Waals surface area contributed by atoms with Gasteiger partial charge in [0.25, 0.3) is 0 Å². The van der Waals surface area contributed by atoms with Crippen molar-refractivity contribution in [2.75, 3.05) is 7.11 Å². The molecule has 4 aliphatic rings. The first kappa shape index (κ1) is 14.3. The molecule has 0 heterocycles. The first-order valence-corrected chi connectivity index (χ1v) is 8.84. The van der Waals surface area contributed by atoms with Gasteiger partial charge in [0.1, 0.15) is 5.75 Å². The SMILES string of the molecule is COc1ccc(C=NC(C)C23CC4CC(CC(C4)C2)C3)cc1. The summed E-state index contributed by atoms with van der Waals surface area (Å²) in [6, 6.07) is 8.67. The standard InChI is InChI=1S/C20H27NO/c1-14(21-13-15-3-5-19(22-2)6-4-15)20-10-16-7-17(11-20)9-18(8-16)12-20/h3-6,13-14,16-18H,7-12H2,1-2H3. The van der Waals surface area contributed by atoms with Gasteiger partial charge >= 0.3 is 0 Å². The zero-order chi connectivity index (χ0) is 15.2. The Hall–Kier alpha value is -1.31. The first-order valence-electron chi connectivity index (χ1n) is 8.84. The molecule has 118 valence electrons. The molecule has 4 fully saturated rings. The topological polar surface area (TPSA) is 21.6 Å². The lowest BCUT2D eigenvalue weighted by Gasteiger charge is -2.58. The fraction of sp³-hybridized carbons (Fsp3) is 0.650. The maximum absolute atomic E-state index is 5.21. The van der Waals surface area contributed by atoms with Gasteiger partial charge in [-0.05, 0) is 98.4 Å². The van der Waals surface area contributed by atoms with Gasteiger partial charge in [0, 0.05) is 6.21 Å². The Balaban J connectivity index is 1.49. The number of hydrogen-bond donors (Lipinski definition) is 0. The average molecular weight is 297 g/mol. The van der Waals surface area contributed by atoms with Crippen LogP contribution in [0.15, 0.2) is 29.3 Å². The molecule has 1 aromatic rings. The van der Waals surface area contributed by atoms with Crippen LogP contribution in [-0.4, -0.2) is 19.4 Å². The van der Waals surface area contributed by atoms with Gasteiger partial charge in [-0.15, -0.1) is 0 Å². The van der Waals surface area contributed by atoms with Crippen molar-refractivity contribution in [2.24, 2.45) is 28.2 Å². The highest BCUT2D eigenvalue weighted by Gasteiger charge is 2.53. The van der Waals surface area contributed by atoms with Crippen molar-refractivity contribution in [3.8, 4) is 5.75 Å². The molecule has 2 heteroatoms. The van der Waals surface area contributed by atoms with Crippen LogP contribution in [0.3, 0.4) is 0 Å². The van der Waals surface area contributed by atoms with E-state index in [1.807, 2.05) is 12.1 Å². The van der Waals surface area contributed by atoms with E-state index in [1.54, 1.807) is 7.11 Å². The van der Waals surface area contributed by atoms with E-state index in [-0.39, 0.29) is 0 Å². The van der Waals surface area contributed by atoms with Crippen LogP contribution in [0.4, 0.5) is 0 Å². The molecule has 0 amide bonds. The number of methoxy groups -OCH3 is 1. The molecule has 1 aromatic carbocycles. The van der Waals surface area contributed by atoms with Crippen molar-refractivity contribution in [1.82, 2.24) is 0 Å². The van der Waals surface area contributed by atoms with E-state index in [2.05, 4.69) is 25.3 Å². The van der Waals surface area contributed by atoms with Gasteiger partial charge in [-0.2, -0.15) is 0 Å². The fourth-order valence-electron chi connectivity index (χ4n) is 5.74. The van der Waals surface area contributed by atoms with Crippen LogP contribution in [0, 0.1) is 23.2 Å². The van der Waals surface area contributed by atoms with Crippen LogP contribution >= 0.6 is 0 Å². The number of nitrogens with zero attached hydrogens (tertiary/aromatic N) is 1. The zero-order valence-electron chi connectivity index (χ0n) is 13.8. The third-order valence-electron chi connectivity index (χ3n) is 6.53. The van der Waals surface area contributed by atoms with Gasteiger partial charge in [-0.3, -0.25) is 4.99 Å². The molecule has 0 radical (unpaired) electrons. The summed E-state index contributed by atoms with van der Waals surface area (Å²) in [7, 11) is 1.71. The molecule has 4 bridgehead atoms. The number of benzene rings is 1. The van der Waals surface area contributed by atoms with Crippen LogP contribution in [-0.2, 0) is 0 Å². The zero-order valence-corrected chi connectivity index (χ0v) is 13.8. The summed E-state index contributed by atoms with van der Waals surface area (Å²) in [4.78, 5) is 4.97. The van der Waals surface area contributed by atoms with Gasteiger partial charge in [0.2, 0.25) is 0 Å². The largest absolute Gasteiger partial charge is 0.497 e. The van der Waals surface area contributed by atoms with Crippen molar-refractivity contribution in [1.29, 1.82) is 0 Å². The summed E-state index contributed by atoms with van der Waals surface area (Å²) in [6.45, 7) is 2.35. The summed E-state index contributed by atoms with van der Waals surface area (Å²) in [5.74, 6) is 3.92. The second kappa shape index (κ2) is 5.40. The lowest BCUT2D eigenvalue weighted by molar-refractivity contribution is -0.0632. The molecule has 0 saturated heterocycles. The van der Waals surface area contributed by atoms with E-state index in [0.29, 0.717) is 11.5 Å². The predicted octanol–water partition coefficient (Wildman–Crippen LogP) is 4.72. The second-order valence-corrected chi connectivity index (χ2v) is 8.01. The highest BCUT2D eigenvalue weighted by atomic mass is 16.5. The van der Waals surface area contributed by atoms with Crippen LogP contribution in [0.25, 0.3) is 0 Å². The van der Waals surface area contributed by atoms with Gasteiger partial charge in [0.15, 0.2) is 0 Å². The van der Waals surface area contributed by atoms with Crippen molar-refractivity contribution in [3.05, 3.63) is 29.8 Å². The lowest BCUT2D eigenvalue weighted by atomic mass is 9.48. The molecule has 1 unspecified atom stereocenters. The molecular formula is C20H27NO. The molecule has 5 rings (SSSR count). The van der Waals surface area contributed by atoms with E-state index in [4.69, 9.17) is 9.73 Å².